The first-order valence-corrected chi connectivity index (χ1v) is 5.06. The molecule has 0 aromatic carbocycles. The Hall–Kier alpha value is -1.00. The Balaban J connectivity index is 2.86. The average molecular weight is 230 g/mol. The molecule has 84 valence electrons. The van der Waals surface area contributed by atoms with Crippen molar-refractivity contribution in [3.05, 3.63) is 17.3 Å². The Labute approximate surface area is 95.0 Å². The first-order chi connectivity index (χ1) is 7.06. The second-order valence-electron chi connectivity index (χ2n) is 3.49. The number of nitrogens with two attached hydrogens (primary N) is 1. The summed E-state index contributed by atoms with van der Waals surface area (Å²) in [7, 11) is 3.59. The predicted molar refractivity (Wildman–Crippen MR) is 63.4 cm³/mol. The van der Waals surface area contributed by atoms with Crippen molar-refractivity contribution >= 4 is 23.1 Å². The number of likely N-dealkylation sites (N-methyl/N-ethyl adjacent to an activating group) is 1. The molecule has 1 heterocycles. The lowest BCUT2D eigenvalue weighted by Gasteiger charge is -2.26. The Morgan fingerprint density at radius 3 is 2.87 bits per heavy atom. The van der Waals surface area contributed by atoms with Gasteiger partial charge < -0.3 is 15.4 Å². The van der Waals surface area contributed by atoms with Crippen LogP contribution in [0, 0.1) is 0 Å². The lowest BCUT2D eigenvalue weighted by atomic mass is 10.3. The van der Waals surface area contributed by atoms with Crippen LogP contribution in [0.5, 0.6) is 0 Å². The van der Waals surface area contributed by atoms with E-state index < -0.39 is 0 Å². The molecule has 5 heteroatoms. The summed E-state index contributed by atoms with van der Waals surface area (Å²) in [5.41, 5.74) is 6.14. The number of aromatic nitrogens is 1. The molecule has 0 saturated heterocycles. The number of methoxy groups -OCH3 is 1. The van der Waals surface area contributed by atoms with Gasteiger partial charge in [0.05, 0.1) is 29.6 Å². The quantitative estimate of drug-likeness (QED) is 0.855. The highest BCUT2D eigenvalue weighted by Crippen LogP contribution is 2.25. The number of halogens is 1. The van der Waals surface area contributed by atoms with Gasteiger partial charge in [0.15, 0.2) is 0 Å². The Bertz CT molecular complexity index is 332. The monoisotopic (exact) mass is 229 g/mol. The number of nitrogen functional groups attached to an aromatic ring is 1. The molecule has 0 aliphatic carbocycles. The number of ether oxygens (including phenoxy) is 1. The normalized spacial score (nSPS) is 12.5. The largest absolute Gasteiger partial charge is 0.397 e. The smallest absolute Gasteiger partial charge is 0.147 e. The highest BCUT2D eigenvalue weighted by molar-refractivity contribution is 6.33. The van der Waals surface area contributed by atoms with Crippen LogP contribution in [0.2, 0.25) is 5.02 Å². The number of hydrogen-bond donors (Lipinski definition) is 1. The minimum atomic E-state index is 0.212. The molecular formula is C10H16ClN3O. The Morgan fingerprint density at radius 2 is 2.33 bits per heavy atom. The molecule has 0 bridgehead atoms. The molecule has 0 saturated carbocycles. The number of pyridine rings is 1. The minimum Gasteiger partial charge on any atom is -0.397 e. The molecule has 0 radical (unpaired) electrons. The summed E-state index contributed by atoms with van der Waals surface area (Å²) in [4.78, 5) is 6.16. The molecule has 1 unspecified atom stereocenters. The number of anilines is 2. The summed E-state index contributed by atoms with van der Waals surface area (Å²) in [5.74, 6) is 0.718. The first-order valence-electron chi connectivity index (χ1n) is 4.69. The number of nitrogens with zero attached hydrogens (tertiary/aromatic N) is 2. The van der Waals surface area contributed by atoms with E-state index >= 15 is 0 Å². The van der Waals surface area contributed by atoms with E-state index in [4.69, 9.17) is 22.1 Å². The van der Waals surface area contributed by atoms with Gasteiger partial charge in [-0.25, -0.2) is 4.98 Å². The topological polar surface area (TPSA) is 51.4 Å². The van der Waals surface area contributed by atoms with Crippen molar-refractivity contribution in [1.29, 1.82) is 0 Å². The van der Waals surface area contributed by atoms with Crippen molar-refractivity contribution in [3.8, 4) is 0 Å². The van der Waals surface area contributed by atoms with Crippen molar-refractivity contribution in [1.82, 2.24) is 4.98 Å². The molecule has 0 fully saturated rings. The van der Waals surface area contributed by atoms with Crippen molar-refractivity contribution in [3.63, 3.8) is 0 Å². The van der Waals surface area contributed by atoms with Crippen LogP contribution in [0.25, 0.3) is 0 Å². The summed E-state index contributed by atoms with van der Waals surface area (Å²) in [6.45, 7) is 2.66. The van der Waals surface area contributed by atoms with Crippen LogP contribution < -0.4 is 10.6 Å². The summed E-state index contributed by atoms with van der Waals surface area (Å²) in [6, 6.07) is 1.91. The van der Waals surface area contributed by atoms with Crippen LogP contribution in [-0.2, 0) is 4.74 Å². The zero-order valence-electron chi connectivity index (χ0n) is 9.20. The van der Waals surface area contributed by atoms with Crippen LogP contribution in [0.15, 0.2) is 12.3 Å². The van der Waals surface area contributed by atoms with Crippen LogP contribution in [0.4, 0.5) is 11.5 Å². The standard InChI is InChI=1S/C10H16ClN3O/c1-7(6-15-3)14(2)10-9(11)4-8(12)5-13-10/h4-5,7H,6,12H2,1-3H3. The van der Waals surface area contributed by atoms with Crippen LogP contribution in [-0.4, -0.2) is 31.8 Å². The third-order valence-electron chi connectivity index (χ3n) is 2.25. The van der Waals surface area contributed by atoms with E-state index in [-0.39, 0.29) is 6.04 Å². The average Bonchev–Trinajstić information content (AvgIpc) is 2.17. The molecule has 1 rings (SSSR count). The van der Waals surface area contributed by atoms with Gasteiger partial charge in [0, 0.05) is 14.2 Å². The lowest BCUT2D eigenvalue weighted by Crippen LogP contribution is -2.33. The maximum Gasteiger partial charge on any atom is 0.147 e. The summed E-state index contributed by atoms with van der Waals surface area (Å²) >= 11 is 6.04. The van der Waals surface area contributed by atoms with Gasteiger partial charge in [-0.2, -0.15) is 0 Å². The van der Waals surface area contributed by atoms with Gasteiger partial charge in [0.2, 0.25) is 0 Å². The Kier molecular flexibility index (Phi) is 4.17. The fraction of sp³-hybridized carbons (Fsp3) is 0.500. The molecule has 15 heavy (non-hydrogen) atoms. The van der Waals surface area contributed by atoms with Crippen molar-refractivity contribution in [2.75, 3.05) is 31.4 Å². The molecule has 0 aliphatic heterocycles. The maximum absolute atomic E-state index is 6.04. The van der Waals surface area contributed by atoms with E-state index in [1.807, 2.05) is 18.9 Å². The van der Waals surface area contributed by atoms with Crippen molar-refractivity contribution in [2.45, 2.75) is 13.0 Å². The van der Waals surface area contributed by atoms with Crippen LogP contribution in [0.1, 0.15) is 6.92 Å². The zero-order valence-corrected chi connectivity index (χ0v) is 9.95. The fourth-order valence-corrected chi connectivity index (χ4v) is 1.57. The van der Waals surface area contributed by atoms with E-state index in [9.17, 15) is 0 Å². The molecule has 0 amide bonds. The zero-order chi connectivity index (χ0) is 11.4. The highest BCUT2D eigenvalue weighted by Gasteiger charge is 2.14. The number of hydrogen-bond acceptors (Lipinski definition) is 4. The SMILES string of the molecule is COCC(C)N(C)c1ncc(N)cc1Cl. The van der Waals surface area contributed by atoms with E-state index in [1.54, 1.807) is 19.4 Å². The first kappa shape index (κ1) is 12.1. The third-order valence-corrected chi connectivity index (χ3v) is 2.52. The molecule has 2 N–H and O–H groups in total. The van der Waals surface area contributed by atoms with Crippen LogP contribution >= 0.6 is 11.6 Å². The van der Waals surface area contributed by atoms with Gasteiger partial charge in [-0.15, -0.1) is 0 Å². The molecule has 0 spiro atoms. The predicted octanol–water partition coefficient (Wildman–Crippen LogP) is 1.79. The van der Waals surface area contributed by atoms with Crippen LogP contribution in [0.3, 0.4) is 0 Å². The highest BCUT2D eigenvalue weighted by atomic mass is 35.5. The van der Waals surface area contributed by atoms with Gasteiger partial charge in [-0.3, -0.25) is 0 Å². The minimum absolute atomic E-state index is 0.212. The summed E-state index contributed by atoms with van der Waals surface area (Å²) < 4.78 is 5.07. The van der Waals surface area contributed by atoms with E-state index in [0.717, 1.165) is 5.82 Å². The van der Waals surface area contributed by atoms with Gasteiger partial charge in [-0.05, 0) is 13.0 Å². The second-order valence-corrected chi connectivity index (χ2v) is 3.90. The molecule has 1 aromatic rings. The molecule has 1 aromatic heterocycles. The third kappa shape index (κ3) is 2.97. The molecule has 4 nitrogen and oxygen atoms in total. The number of rotatable bonds is 4. The molecule has 0 aliphatic rings. The Morgan fingerprint density at radius 1 is 1.67 bits per heavy atom. The van der Waals surface area contributed by atoms with Crippen molar-refractivity contribution in [2.24, 2.45) is 0 Å². The maximum atomic E-state index is 6.04. The van der Waals surface area contributed by atoms with Crippen molar-refractivity contribution < 1.29 is 4.74 Å². The molecule has 1 atom stereocenters. The summed E-state index contributed by atoms with van der Waals surface area (Å²) in [6.07, 6.45) is 1.59. The van der Waals surface area contributed by atoms with Gasteiger partial charge in [0.1, 0.15) is 5.82 Å². The fourth-order valence-electron chi connectivity index (χ4n) is 1.27. The van der Waals surface area contributed by atoms with Gasteiger partial charge >= 0.3 is 0 Å². The van der Waals surface area contributed by atoms with Gasteiger partial charge in [0.25, 0.3) is 0 Å². The van der Waals surface area contributed by atoms with E-state index in [0.29, 0.717) is 17.3 Å². The summed E-state index contributed by atoms with van der Waals surface area (Å²) in [5, 5.41) is 0.556. The van der Waals surface area contributed by atoms with Gasteiger partial charge in [-0.1, -0.05) is 11.6 Å². The second kappa shape index (κ2) is 5.19. The molecular weight excluding hydrogens is 214 g/mol. The van der Waals surface area contributed by atoms with E-state index in [2.05, 4.69) is 4.98 Å². The van der Waals surface area contributed by atoms with E-state index in [1.165, 1.54) is 0 Å². The lowest BCUT2D eigenvalue weighted by molar-refractivity contribution is 0.183.